The fourth-order valence-electron chi connectivity index (χ4n) is 3.67. The molecule has 1 aromatic carbocycles. The molecule has 0 aromatic heterocycles. The van der Waals surface area contributed by atoms with Crippen molar-refractivity contribution in [1.82, 2.24) is 10.2 Å². The third-order valence-corrected chi connectivity index (χ3v) is 5.00. The summed E-state index contributed by atoms with van der Waals surface area (Å²) in [6.07, 6.45) is 2.96. The molecule has 0 spiro atoms. The first-order valence-corrected chi connectivity index (χ1v) is 8.45. The van der Waals surface area contributed by atoms with Crippen LogP contribution in [0.5, 0.6) is 0 Å². The Morgan fingerprint density at radius 1 is 1.21 bits per heavy atom. The third kappa shape index (κ3) is 3.73. The summed E-state index contributed by atoms with van der Waals surface area (Å²) in [5.41, 5.74) is 2.82. The Hall–Kier alpha value is -1.59. The largest absolute Gasteiger partial charge is 0.339 e. The van der Waals surface area contributed by atoms with Gasteiger partial charge < -0.3 is 15.1 Å². The second-order valence-corrected chi connectivity index (χ2v) is 6.56. The van der Waals surface area contributed by atoms with Gasteiger partial charge in [-0.15, -0.1) is 12.4 Å². The minimum absolute atomic E-state index is 0. The lowest BCUT2D eigenvalue weighted by molar-refractivity contribution is -0.116. The predicted molar refractivity (Wildman–Crippen MR) is 98.0 cm³/mol. The zero-order valence-electron chi connectivity index (χ0n) is 14.4. The van der Waals surface area contributed by atoms with Crippen LogP contribution in [-0.4, -0.2) is 49.9 Å². The molecule has 0 saturated carbocycles. The number of nitrogens with one attached hydrogen (secondary N) is 1. The summed E-state index contributed by atoms with van der Waals surface area (Å²) >= 11 is 0. The SMILES string of the molecule is CNCC1CCN(C(=O)c2ccc3c(c2)CCN3C(C)=O)CC1.Cl. The quantitative estimate of drug-likeness (QED) is 0.907. The van der Waals surface area contributed by atoms with Crippen LogP contribution in [0.25, 0.3) is 0 Å². The number of hydrogen-bond donors (Lipinski definition) is 1. The molecule has 0 unspecified atom stereocenters. The molecule has 5 nitrogen and oxygen atoms in total. The average molecular weight is 352 g/mol. The molecule has 132 valence electrons. The van der Waals surface area contributed by atoms with Gasteiger partial charge in [0.05, 0.1) is 0 Å². The number of hydrogen-bond acceptors (Lipinski definition) is 3. The van der Waals surface area contributed by atoms with Gasteiger partial charge in [-0.3, -0.25) is 9.59 Å². The molecule has 2 amide bonds. The minimum atomic E-state index is 0. The first kappa shape index (κ1) is 18.7. The number of likely N-dealkylation sites (tertiary alicyclic amines) is 1. The zero-order valence-corrected chi connectivity index (χ0v) is 15.2. The molecule has 2 aliphatic heterocycles. The van der Waals surface area contributed by atoms with E-state index in [0.717, 1.165) is 62.3 Å². The fourth-order valence-corrected chi connectivity index (χ4v) is 3.67. The molecule has 0 radical (unpaired) electrons. The number of halogens is 1. The van der Waals surface area contributed by atoms with Gasteiger partial charge in [0.1, 0.15) is 0 Å². The second kappa shape index (κ2) is 7.99. The van der Waals surface area contributed by atoms with Crippen LogP contribution >= 0.6 is 12.4 Å². The normalized spacial score (nSPS) is 17.4. The number of rotatable bonds is 3. The van der Waals surface area contributed by atoms with E-state index < -0.39 is 0 Å². The maximum Gasteiger partial charge on any atom is 0.253 e. The summed E-state index contributed by atoms with van der Waals surface area (Å²) in [7, 11) is 1.98. The van der Waals surface area contributed by atoms with Crippen molar-refractivity contribution in [3.8, 4) is 0 Å². The van der Waals surface area contributed by atoms with Crippen LogP contribution in [0, 0.1) is 5.92 Å². The van der Waals surface area contributed by atoms with Gasteiger partial charge in [0, 0.05) is 37.8 Å². The van der Waals surface area contributed by atoms with Crippen molar-refractivity contribution in [2.24, 2.45) is 5.92 Å². The van der Waals surface area contributed by atoms with Crippen molar-refractivity contribution >= 4 is 29.9 Å². The lowest BCUT2D eigenvalue weighted by Crippen LogP contribution is -2.40. The number of benzene rings is 1. The average Bonchev–Trinajstić information content (AvgIpc) is 2.98. The number of carbonyl (C=O) groups excluding carboxylic acids is 2. The summed E-state index contributed by atoms with van der Waals surface area (Å²) in [6, 6.07) is 5.76. The molecule has 1 aromatic rings. The summed E-state index contributed by atoms with van der Waals surface area (Å²) < 4.78 is 0. The van der Waals surface area contributed by atoms with Crippen LogP contribution in [0.3, 0.4) is 0 Å². The number of amides is 2. The number of carbonyl (C=O) groups is 2. The van der Waals surface area contributed by atoms with E-state index in [0.29, 0.717) is 5.92 Å². The number of nitrogens with zero attached hydrogens (tertiary/aromatic N) is 2. The van der Waals surface area contributed by atoms with Gasteiger partial charge in [0.2, 0.25) is 5.91 Å². The molecule has 0 bridgehead atoms. The van der Waals surface area contributed by atoms with Crippen molar-refractivity contribution in [2.45, 2.75) is 26.2 Å². The van der Waals surface area contributed by atoms with Gasteiger partial charge in [-0.05, 0) is 62.5 Å². The molecular weight excluding hydrogens is 326 g/mol. The highest BCUT2D eigenvalue weighted by Gasteiger charge is 2.26. The van der Waals surface area contributed by atoms with Crippen LogP contribution in [-0.2, 0) is 11.2 Å². The lowest BCUT2D eigenvalue weighted by Gasteiger charge is -2.32. The molecule has 2 aliphatic rings. The highest BCUT2D eigenvalue weighted by atomic mass is 35.5. The minimum Gasteiger partial charge on any atom is -0.339 e. The highest BCUT2D eigenvalue weighted by Crippen LogP contribution is 2.29. The van der Waals surface area contributed by atoms with Gasteiger partial charge in [-0.1, -0.05) is 0 Å². The molecule has 3 rings (SSSR count). The molecule has 1 saturated heterocycles. The Morgan fingerprint density at radius 2 is 1.92 bits per heavy atom. The summed E-state index contributed by atoms with van der Waals surface area (Å²) in [5, 5.41) is 3.22. The molecule has 1 fully saturated rings. The molecule has 6 heteroatoms. The van der Waals surface area contributed by atoms with Crippen LogP contribution in [0.15, 0.2) is 18.2 Å². The van der Waals surface area contributed by atoms with E-state index in [2.05, 4.69) is 5.32 Å². The Balaban J connectivity index is 0.00000208. The fraction of sp³-hybridized carbons (Fsp3) is 0.556. The van der Waals surface area contributed by atoms with E-state index in [4.69, 9.17) is 0 Å². The number of anilines is 1. The number of fused-ring (bicyclic) bond motifs is 1. The molecule has 0 aliphatic carbocycles. The van der Waals surface area contributed by atoms with Gasteiger partial charge in [-0.2, -0.15) is 0 Å². The topological polar surface area (TPSA) is 52.7 Å². The Kier molecular flexibility index (Phi) is 6.24. The van der Waals surface area contributed by atoms with E-state index in [-0.39, 0.29) is 24.2 Å². The Morgan fingerprint density at radius 3 is 2.54 bits per heavy atom. The van der Waals surface area contributed by atoms with E-state index in [9.17, 15) is 9.59 Å². The lowest BCUT2D eigenvalue weighted by atomic mass is 9.96. The monoisotopic (exact) mass is 351 g/mol. The Bertz CT molecular complexity index is 612. The zero-order chi connectivity index (χ0) is 16.4. The third-order valence-electron chi connectivity index (χ3n) is 5.00. The number of piperidine rings is 1. The summed E-state index contributed by atoms with van der Waals surface area (Å²) in [6.45, 7) is 5.01. The molecular formula is C18H26ClN3O2. The van der Waals surface area contributed by atoms with Gasteiger partial charge in [-0.25, -0.2) is 0 Å². The van der Waals surface area contributed by atoms with Crippen molar-refractivity contribution in [3.63, 3.8) is 0 Å². The first-order chi connectivity index (χ1) is 11.1. The second-order valence-electron chi connectivity index (χ2n) is 6.56. The predicted octanol–water partition coefficient (Wildman–Crippen LogP) is 2.09. The smallest absolute Gasteiger partial charge is 0.253 e. The van der Waals surface area contributed by atoms with E-state index in [1.54, 1.807) is 11.8 Å². The van der Waals surface area contributed by atoms with Crippen molar-refractivity contribution < 1.29 is 9.59 Å². The standard InChI is InChI=1S/C18H25N3O2.ClH/c1-13(22)21-10-7-15-11-16(3-4-17(15)21)18(23)20-8-5-14(6-9-20)12-19-2;/h3-4,11,14,19H,5-10,12H2,1-2H3;1H. The molecule has 1 N–H and O–H groups in total. The van der Waals surface area contributed by atoms with Crippen molar-refractivity contribution in [3.05, 3.63) is 29.3 Å². The van der Waals surface area contributed by atoms with Gasteiger partial charge >= 0.3 is 0 Å². The van der Waals surface area contributed by atoms with E-state index in [1.165, 1.54) is 0 Å². The Labute approximate surface area is 149 Å². The van der Waals surface area contributed by atoms with Crippen LogP contribution < -0.4 is 10.2 Å². The van der Waals surface area contributed by atoms with Crippen molar-refractivity contribution in [1.29, 1.82) is 0 Å². The molecule has 0 atom stereocenters. The molecule has 24 heavy (non-hydrogen) atoms. The molecule has 2 heterocycles. The van der Waals surface area contributed by atoms with Gasteiger partial charge in [0.25, 0.3) is 5.91 Å². The highest BCUT2D eigenvalue weighted by molar-refractivity contribution is 5.97. The van der Waals surface area contributed by atoms with Crippen LogP contribution in [0.4, 0.5) is 5.69 Å². The maximum atomic E-state index is 12.7. The first-order valence-electron chi connectivity index (χ1n) is 8.45. The summed E-state index contributed by atoms with van der Waals surface area (Å²) in [4.78, 5) is 28.1. The van der Waals surface area contributed by atoms with E-state index >= 15 is 0 Å². The maximum absolute atomic E-state index is 12.7. The summed E-state index contributed by atoms with van der Waals surface area (Å²) in [5.74, 6) is 0.861. The van der Waals surface area contributed by atoms with Gasteiger partial charge in [0.15, 0.2) is 0 Å². The van der Waals surface area contributed by atoms with Crippen LogP contribution in [0.2, 0.25) is 0 Å². The van der Waals surface area contributed by atoms with Crippen LogP contribution in [0.1, 0.15) is 35.7 Å². The van der Waals surface area contributed by atoms with E-state index in [1.807, 2.05) is 30.1 Å². The van der Waals surface area contributed by atoms with Crippen molar-refractivity contribution in [2.75, 3.05) is 38.1 Å².